The van der Waals surface area contributed by atoms with Crippen LogP contribution in [-0.4, -0.2) is 78.1 Å². The van der Waals surface area contributed by atoms with Gasteiger partial charge in [-0.1, -0.05) is 42.5 Å². The van der Waals surface area contributed by atoms with Crippen LogP contribution in [0.25, 0.3) is 18.2 Å². The highest BCUT2D eigenvalue weighted by molar-refractivity contribution is 6.11. The summed E-state index contributed by atoms with van der Waals surface area (Å²) >= 11 is 0. The molecule has 54 heavy (non-hydrogen) atoms. The summed E-state index contributed by atoms with van der Waals surface area (Å²) in [4.78, 5) is 47.8. The number of hydrogen-bond donors (Lipinski definition) is 4. The van der Waals surface area contributed by atoms with Gasteiger partial charge >= 0.3 is 0 Å². The van der Waals surface area contributed by atoms with Gasteiger partial charge in [0.1, 0.15) is 11.9 Å². The molecule has 3 aromatic carbocycles. The monoisotopic (exact) mass is 740 g/mol. The normalized spacial score (nSPS) is 15.5. The van der Waals surface area contributed by atoms with E-state index in [-0.39, 0.29) is 71.0 Å². The Balaban J connectivity index is 0.000000290. The number of benzene rings is 3. The maximum atomic E-state index is 12.0. The number of carbonyl (C=O) groups is 4. The van der Waals surface area contributed by atoms with Crippen molar-refractivity contribution in [2.75, 3.05) is 28.4 Å². The molecule has 0 heterocycles. The van der Waals surface area contributed by atoms with Crippen molar-refractivity contribution in [1.82, 2.24) is 0 Å². The molecule has 12 heteroatoms. The van der Waals surface area contributed by atoms with Gasteiger partial charge in [-0.15, -0.1) is 0 Å². The molecule has 4 N–H and O–H groups in total. The lowest BCUT2D eigenvalue weighted by Crippen LogP contribution is -2.21. The number of phenols is 3. The van der Waals surface area contributed by atoms with Crippen molar-refractivity contribution in [2.45, 2.75) is 31.8 Å². The first-order chi connectivity index (χ1) is 25.8. The number of ether oxygens (including phenoxy) is 4. The van der Waals surface area contributed by atoms with Crippen molar-refractivity contribution in [1.29, 1.82) is 0 Å². The standard InChI is InChI=1S/C21H24O6.C21H20O6/c2*1-26-20-11-14(5-9-18(20)24)3-7-16(22)13-17(23)8-4-15-6-10-19(25)21(12-15)27-2/h3-5,7-11,15,21,24-25H,6,12-13H2,1-2H3;3-12,24-25H,13H2,1-2H3. The fourth-order valence-corrected chi connectivity index (χ4v) is 5.05. The van der Waals surface area contributed by atoms with Crippen molar-refractivity contribution in [3.05, 3.63) is 114 Å². The van der Waals surface area contributed by atoms with Crippen LogP contribution in [0.3, 0.4) is 0 Å². The van der Waals surface area contributed by atoms with E-state index in [2.05, 4.69) is 0 Å². The van der Waals surface area contributed by atoms with Crippen LogP contribution in [0.15, 0.2) is 96.8 Å². The summed E-state index contributed by atoms with van der Waals surface area (Å²) in [5.74, 6) is -0.0357. The fourth-order valence-electron chi connectivity index (χ4n) is 5.05. The number of rotatable bonds is 16. The maximum Gasteiger partial charge on any atom is 0.163 e. The first-order valence-corrected chi connectivity index (χ1v) is 16.7. The van der Waals surface area contributed by atoms with Gasteiger partial charge in [0.25, 0.3) is 0 Å². The number of methoxy groups -OCH3 is 4. The zero-order chi connectivity index (χ0) is 39.6. The lowest BCUT2D eigenvalue weighted by molar-refractivity contribution is -0.123. The van der Waals surface area contributed by atoms with Crippen molar-refractivity contribution in [3.8, 4) is 34.5 Å². The fraction of sp³-hybridized carbons (Fsp3) is 0.238. The lowest BCUT2D eigenvalue weighted by Gasteiger charge is -2.23. The van der Waals surface area contributed by atoms with Crippen LogP contribution in [-0.2, 0) is 23.9 Å². The maximum absolute atomic E-state index is 12.0. The molecule has 0 amide bonds. The SMILES string of the molecule is COc1cc(C=CC(=O)CC(=O)C=CC2CC=C(O)C(OC)C2)ccc1O.COc1cc(C=CC(=O)CC(=O)C=Cc2ccc(O)c(OC)c2)ccc1O. The average Bonchev–Trinajstić information content (AvgIpc) is 3.16. The first-order valence-electron chi connectivity index (χ1n) is 16.7. The van der Waals surface area contributed by atoms with Crippen LogP contribution < -0.4 is 14.2 Å². The molecule has 1 aliphatic carbocycles. The van der Waals surface area contributed by atoms with Gasteiger partial charge in [-0.25, -0.2) is 0 Å². The van der Waals surface area contributed by atoms with E-state index in [0.29, 0.717) is 46.8 Å². The molecule has 4 rings (SSSR count). The van der Waals surface area contributed by atoms with E-state index in [1.807, 2.05) is 0 Å². The minimum absolute atomic E-state index is 0.00662. The molecule has 0 fully saturated rings. The summed E-state index contributed by atoms with van der Waals surface area (Å²) in [6, 6.07) is 14.0. The number of ketones is 4. The molecule has 0 aliphatic heterocycles. The molecule has 0 saturated carbocycles. The van der Waals surface area contributed by atoms with Gasteiger partial charge < -0.3 is 39.4 Å². The topological polar surface area (TPSA) is 186 Å². The quantitative estimate of drug-likeness (QED) is 0.0897. The van der Waals surface area contributed by atoms with Crippen LogP contribution in [0.1, 0.15) is 42.4 Å². The summed E-state index contributed by atoms with van der Waals surface area (Å²) < 4.78 is 20.2. The van der Waals surface area contributed by atoms with E-state index in [1.54, 1.807) is 66.8 Å². The molecule has 0 radical (unpaired) electrons. The van der Waals surface area contributed by atoms with E-state index < -0.39 is 0 Å². The van der Waals surface area contributed by atoms with Gasteiger partial charge in [0.15, 0.2) is 57.6 Å². The van der Waals surface area contributed by atoms with E-state index in [0.717, 1.165) is 0 Å². The van der Waals surface area contributed by atoms with Gasteiger partial charge in [-0.3, -0.25) is 19.2 Å². The Labute approximate surface area is 313 Å². The minimum Gasteiger partial charge on any atom is -0.510 e. The second-order valence-electron chi connectivity index (χ2n) is 12.0. The summed E-state index contributed by atoms with van der Waals surface area (Å²) in [5, 5.41) is 38.3. The number of allylic oxidation sites excluding steroid dienone is 6. The highest BCUT2D eigenvalue weighted by Gasteiger charge is 2.22. The molecule has 0 spiro atoms. The summed E-state index contributed by atoms with van der Waals surface area (Å²) in [6.07, 6.45) is 13.9. The van der Waals surface area contributed by atoms with Crippen LogP contribution in [0.5, 0.6) is 34.5 Å². The Bertz CT molecular complexity index is 1880. The lowest BCUT2D eigenvalue weighted by atomic mass is 9.90. The van der Waals surface area contributed by atoms with Crippen LogP contribution >= 0.6 is 0 Å². The molecule has 3 aromatic rings. The van der Waals surface area contributed by atoms with Gasteiger partial charge in [0.2, 0.25) is 0 Å². The highest BCUT2D eigenvalue weighted by Crippen LogP contribution is 2.29. The van der Waals surface area contributed by atoms with E-state index in [1.165, 1.54) is 70.9 Å². The number of aliphatic hydroxyl groups is 1. The molecule has 12 nitrogen and oxygen atoms in total. The number of carbonyl (C=O) groups excluding carboxylic acids is 4. The molecule has 2 atom stereocenters. The van der Waals surface area contributed by atoms with Gasteiger partial charge in [0, 0.05) is 7.11 Å². The molecule has 0 saturated heterocycles. The van der Waals surface area contributed by atoms with E-state index in [9.17, 15) is 39.6 Å². The molecule has 0 bridgehead atoms. The van der Waals surface area contributed by atoms with Crippen molar-refractivity contribution >= 4 is 41.4 Å². The Kier molecular flexibility index (Phi) is 16.5. The Morgan fingerprint density at radius 1 is 0.593 bits per heavy atom. The zero-order valence-corrected chi connectivity index (χ0v) is 30.4. The second-order valence-corrected chi connectivity index (χ2v) is 12.0. The first kappa shape index (κ1) is 42.0. The predicted octanol–water partition coefficient (Wildman–Crippen LogP) is 6.74. The van der Waals surface area contributed by atoms with Gasteiger partial charge in [-0.05, 0) is 102 Å². The predicted molar refractivity (Wildman–Crippen MR) is 204 cm³/mol. The van der Waals surface area contributed by atoms with Crippen LogP contribution in [0.2, 0.25) is 0 Å². The summed E-state index contributed by atoms with van der Waals surface area (Å²) in [5.41, 5.74) is 2.01. The average molecular weight is 741 g/mol. The molecular formula is C42H44O12. The Morgan fingerprint density at radius 3 is 1.31 bits per heavy atom. The third-order valence-corrected chi connectivity index (χ3v) is 8.01. The number of aliphatic hydroxyl groups excluding tert-OH is 1. The summed E-state index contributed by atoms with van der Waals surface area (Å²) in [7, 11) is 5.84. The highest BCUT2D eigenvalue weighted by atomic mass is 16.5. The molecule has 2 unspecified atom stereocenters. The third-order valence-electron chi connectivity index (χ3n) is 8.01. The minimum atomic E-state index is -0.352. The summed E-state index contributed by atoms with van der Waals surface area (Å²) in [6.45, 7) is 0. The largest absolute Gasteiger partial charge is 0.510 e. The smallest absolute Gasteiger partial charge is 0.163 e. The molecular weight excluding hydrogens is 696 g/mol. The van der Waals surface area contributed by atoms with E-state index >= 15 is 0 Å². The number of hydrogen-bond acceptors (Lipinski definition) is 12. The van der Waals surface area contributed by atoms with Crippen LogP contribution in [0, 0.1) is 5.92 Å². The Hall–Kier alpha value is -6.40. The molecule has 0 aromatic heterocycles. The van der Waals surface area contributed by atoms with E-state index in [4.69, 9.17) is 18.9 Å². The zero-order valence-electron chi connectivity index (χ0n) is 30.4. The van der Waals surface area contributed by atoms with Gasteiger partial charge in [0.05, 0.1) is 34.2 Å². The van der Waals surface area contributed by atoms with Crippen molar-refractivity contribution in [3.63, 3.8) is 0 Å². The van der Waals surface area contributed by atoms with Gasteiger partial charge in [-0.2, -0.15) is 0 Å². The number of phenolic OH excluding ortho intramolecular Hbond substituents is 3. The third kappa shape index (κ3) is 13.6. The Morgan fingerprint density at radius 2 is 0.963 bits per heavy atom. The van der Waals surface area contributed by atoms with Crippen molar-refractivity contribution in [2.24, 2.45) is 5.92 Å². The van der Waals surface area contributed by atoms with Crippen LogP contribution in [0.4, 0.5) is 0 Å². The molecule has 284 valence electrons. The van der Waals surface area contributed by atoms with Crippen molar-refractivity contribution < 1.29 is 58.6 Å². The number of aromatic hydroxyl groups is 3. The second kappa shape index (κ2) is 21.2. The molecule has 1 aliphatic rings.